The second-order valence-electron chi connectivity index (χ2n) is 5.21. The van der Waals surface area contributed by atoms with E-state index in [2.05, 4.69) is 17.3 Å². The molecule has 1 heterocycles. The van der Waals surface area contributed by atoms with Crippen LogP contribution >= 0.6 is 0 Å². The summed E-state index contributed by atoms with van der Waals surface area (Å²) in [6, 6.07) is 6.79. The van der Waals surface area contributed by atoms with E-state index in [1.165, 1.54) is 31.4 Å². The SMILES string of the molecule is CN(CCOc1ccc(F)cc1)CC1CCCCN1. The van der Waals surface area contributed by atoms with E-state index in [-0.39, 0.29) is 5.82 Å². The third-order valence-corrected chi connectivity index (χ3v) is 3.50. The van der Waals surface area contributed by atoms with Gasteiger partial charge in [0.25, 0.3) is 0 Å². The first-order valence-corrected chi connectivity index (χ1v) is 7.04. The number of benzene rings is 1. The smallest absolute Gasteiger partial charge is 0.123 e. The average molecular weight is 266 g/mol. The Morgan fingerprint density at radius 3 is 2.79 bits per heavy atom. The second-order valence-corrected chi connectivity index (χ2v) is 5.21. The summed E-state index contributed by atoms with van der Waals surface area (Å²) < 4.78 is 18.3. The van der Waals surface area contributed by atoms with E-state index in [1.54, 1.807) is 12.1 Å². The summed E-state index contributed by atoms with van der Waals surface area (Å²) >= 11 is 0. The maximum atomic E-state index is 12.7. The Morgan fingerprint density at radius 1 is 1.32 bits per heavy atom. The Labute approximate surface area is 114 Å². The van der Waals surface area contributed by atoms with E-state index in [4.69, 9.17) is 4.74 Å². The predicted molar refractivity (Wildman–Crippen MR) is 75.0 cm³/mol. The van der Waals surface area contributed by atoms with E-state index in [1.807, 2.05) is 0 Å². The first kappa shape index (κ1) is 14.3. The van der Waals surface area contributed by atoms with E-state index in [0.717, 1.165) is 25.4 Å². The van der Waals surface area contributed by atoms with Crippen LogP contribution in [0.4, 0.5) is 4.39 Å². The van der Waals surface area contributed by atoms with E-state index < -0.39 is 0 Å². The number of likely N-dealkylation sites (N-methyl/N-ethyl adjacent to an activating group) is 1. The van der Waals surface area contributed by atoms with Crippen LogP contribution in [0.3, 0.4) is 0 Å². The van der Waals surface area contributed by atoms with E-state index in [0.29, 0.717) is 12.6 Å². The van der Waals surface area contributed by atoms with Crippen molar-refractivity contribution in [2.24, 2.45) is 0 Å². The molecule has 0 amide bonds. The molecular weight excluding hydrogens is 243 g/mol. The summed E-state index contributed by atoms with van der Waals surface area (Å²) in [5, 5.41) is 3.54. The predicted octanol–water partition coefficient (Wildman–Crippen LogP) is 2.28. The van der Waals surface area contributed by atoms with Crippen molar-refractivity contribution < 1.29 is 9.13 Å². The Balaban J connectivity index is 1.63. The second kappa shape index (κ2) is 7.46. The number of ether oxygens (including phenoxy) is 1. The lowest BCUT2D eigenvalue weighted by Gasteiger charge is -2.28. The van der Waals surface area contributed by atoms with Gasteiger partial charge in [-0.1, -0.05) is 6.42 Å². The highest BCUT2D eigenvalue weighted by atomic mass is 19.1. The molecule has 1 unspecified atom stereocenters. The zero-order valence-electron chi connectivity index (χ0n) is 11.6. The lowest BCUT2D eigenvalue weighted by Crippen LogP contribution is -2.43. The third-order valence-electron chi connectivity index (χ3n) is 3.50. The van der Waals surface area contributed by atoms with Crippen molar-refractivity contribution in [2.45, 2.75) is 25.3 Å². The molecule has 1 N–H and O–H groups in total. The number of nitrogens with one attached hydrogen (secondary N) is 1. The minimum absolute atomic E-state index is 0.229. The van der Waals surface area contributed by atoms with E-state index >= 15 is 0 Å². The Hall–Kier alpha value is -1.13. The van der Waals surface area contributed by atoms with Crippen molar-refractivity contribution in [3.05, 3.63) is 30.1 Å². The standard InChI is InChI=1S/C15H23FN2O/c1-18(12-14-4-2-3-9-17-14)10-11-19-15-7-5-13(16)6-8-15/h5-8,14,17H,2-4,9-12H2,1H3. The molecule has 1 aliphatic heterocycles. The number of rotatable bonds is 6. The molecule has 0 aromatic heterocycles. The minimum atomic E-state index is -0.229. The van der Waals surface area contributed by atoms with Gasteiger partial charge >= 0.3 is 0 Å². The molecule has 4 heteroatoms. The normalized spacial score (nSPS) is 19.6. The topological polar surface area (TPSA) is 24.5 Å². The highest BCUT2D eigenvalue weighted by molar-refractivity contribution is 5.21. The van der Waals surface area contributed by atoms with Gasteiger partial charge in [-0.05, 0) is 50.7 Å². The molecule has 0 spiro atoms. The molecule has 2 rings (SSSR count). The summed E-state index contributed by atoms with van der Waals surface area (Å²) in [5.41, 5.74) is 0. The molecule has 19 heavy (non-hydrogen) atoms. The lowest BCUT2D eigenvalue weighted by molar-refractivity contribution is 0.211. The van der Waals surface area contributed by atoms with Gasteiger partial charge in [-0.15, -0.1) is 0 Å². The molecule has 1 aromatic carbocycles. The highest BCUT2D eigenvalue weighted by Gasteiger charge is 2.14. The average Bonchev–Trinajstić information content (AvgIpc) is 2.42. The van der Waals surface area contributed by atoms with Gasteiger partial charge in [0, 0.05) is 19.1 Å². The fourth-order valence-corrected chi connectivity index (χ4v) is 2.40. The molecular formula is C15H23FN2O. The molecule has 1 atom stereocenters. The van der Waals surface area contributed by atoms with Crippen LogP contribution in [0.5, 0.6) is 5.75 Å². The molecule has 0 radical (unpaired) electrons. The Kier molecular flexibility index (Phi) is 5.61. The molecule has 0 aliphatic carbocycles. The highest BCUT2D eigenvalue weighted by Crippen LogP contribution is 2.11. The van der Waals surface area contributed by atoms with Crippen molar-refractivity contribution in [1.29, 1.82) is 0 Å². The third kappa shape index (κ3) is 5.17. The molecule has 1 saturated heterocycles. The molecule has 1 aromatic rings. The summed E-state index contributed by atoms with van der Waals surface area (Å²) in [6.45, 7) is 3.72. The first-order valence-electron chi connectivity index (χ1n) is 7.04. The van der Waals surface area contributed by atoms with Crippen LogP contribution in [0.1, 0.15) is 19.3 Å². The maximum Gasteiger partial charge on any atom is 0.123 e. The first-order chi connectivity index (χ1) is 9.24. The largest absolute Gasteiger partial charge is 0.492 e. The van der Waals surface area contributed by atoms with Crippen LogP contribution in [-0.2, 0) is 0 Å². The quantitative estimate of drug-likeness (QED) is 0.855. The fraction of sp³-hybridized carbons (Fsp3) is 0.600. The zero-order chi connectivity index (χ0) is 13.5. The van der Waals surface area contributed by atoms with Gasteiger partial charge in [-0.2, -0.15) is 0 Å². The fourth-order valence-electron chi connectivity index (χ4n) is 2.40. The van der Waals surface area contributed by atoms with Gasteiger partial charge in [0.1, 0.15) is 18.2 Å². The van der Waals surface area contributed by atoms with Crippen LogP contribution in [0.2, 0.25) is 0 Å². The summed E-state index contributed by atoms with van der Waals surface area (Å²) in [5.74, 6) is 0.499. The van der Waals surface area contributed by atoms with Crippen molar-refractivity contribution in [1.82, 2.24) is 10.2 Å². The molecule has 106 valence electrons. The van der Waals surface area contributed by atoms with Gasteiger partial charge in [0.15, 0.2) is 0 Å². The van der Waals surface area contributed by atoms with Gasteiger partial charge in [-0.3, -0.25) is 0 Å². The molecule has 0 saturated carbocycles. The summed E-state index contributed by atoms with van der Waals surface area (Å²) in [4.78, 5) is 2.28. The van der Waals surface area contributed by atoms with Gasteiger partial charge in [0.05, 0.1) is 0 Å². The van der Waals surface area contributed by atoms with Gasteiger partial charge in [0.2, 0.25) is 0 Å². The Morgan fingerprint density at radius 2 is 2.11 bits per heavy atom. The molecule has 3 nitrogen and oxygen atoms in total. The number of hydrogen-bond donors (Lipinski definition) is 1. The van der Waals surface area contributed by atoms with Crippen molar-refractivity contribution >= 4 is 0 Å². The minimum Gasteiger partial charge on any atom is -0.492 e. The van der Waals surface area contributed by atoms with Crippen LogP contribution < -0.4 is 10.1 Å². The monoisotopic (exact) mass is 266 g/mol. The number of hydrogen-bond acceptors (Lipinski definition) is 3. The number of nitrogens with zero attached hydrogens (tertiary/aromatic N) is 1. The molecule has 1 aliphatic rings. The number of piperidine rings is 1. The maximum absolute atomic E-state index is 12.7. The van der Waals surface area contributed by atoms with Crippen LogP contribution in [0.25, 0.3) is 0 Å². The van der Waals surface area contributed by atoms with Crippen LogP contribution in [0, 0.1) is 5.82 Å². The molecule has 1 fully saturated rings. The van der Waals surface area contributed by atoms with Crippen LogP contribution in [-0.4, -0.2) is 44.2 Å². The summed E-state index contributed by atoms with van der Waals surface area (Å²) in [7, 11) is 2.12. The van der Waals surface area contributed by atoms with Crippen LogP contribution in [0.15, 0.2) is 24.3 Å². The van der Waals surface area contributed by atoms with Crippen molar-refractivity contribution in [3.63, 3.8) is 0 Å². The van der Waals surface area contributed by atoms with E-state index in [9.17, 15) is 4.39 Å². The van der Waals surface area contributed by atoms with Gasteiger partial charge in [-0.25, -0.2) is 4.39 Å². The molecule has 0 bridgehead atoms. The summed E-state index contributed by atoms with van der Waals surface area (Å²) in [6.07, 6.45) is 3.90. The van der Waals surface area contributed by atoms with Crippen molar-refractivity contribution in [2.75, 3.05) is 33.3 Å². The Bertz CT molecular complexity index is 363. The van der Waals surface area contributed by atoms with Gasteiger partial charge < -0.3 is 15.0 Å². The zero-order valence-corrected chi connectivity index (χ0v) is 11.6. The van der Waals surface area contributed by atoms with Crippen molar-refractivity contribution in [3.8, 4) is 5.75 Å². The lowest BCUT2D eigenvalue weighted by atomic mass is 10.0. The number of halogens is 1.